The smallest absolute Gasteiger partial charge is 0.0149 e. The maximum atomic E-state index is 2.26. The summed E-state index contributed by atoms with van der Waals surface area (Å²) in [6, 6.07) is 0. The van der Waals surface area contributed by atoms with Crippen LogP contribution in [0.3, 0.4) is 0 Å². The molecule has 0 fully saturated rings. The van der Waals surface area contributed by atoms with E-state index in [4.69, 9.17) is 0 Å². The van der Waals surface area contributed by atoms with Gasteiger partial charge in [-0.25, -0.2) is 0 Å². The van der Waals surface area contributed by atoms with E-state index in [1.165, 1.54) is 24.3 Å². The first-order chi connectivity index (χ1) is 4.38. The minimum absolute atomic E-state index is 1.27. The zero-order chi connectivity index (χ0) is 6.69. The largest absolute Gasteiger partial charge is 0.153 e. The topological polar surface area (TPSA) is 0 Å². The Labute approximate surface area is 61.7 Å². The molecule has 0 bridgehead atoms. The van der Waals surface area contributed by atoms with Crippen molar-refractivity contribution < 1.29 is 0 Å². The van der Waals surface area contributed by atoms with Crippen molar-refractivity contribution in [3.63, 3.8) is 0 Å². The number of thioether (sulfide) groups is 1. The molecule has 0 radical (unpaired) electrons. The van der Waals surface area contributed by atoms with Crippen LogP contribution in [-0.2, 0) is 0 Å². The van der Waals surface area contributed by atoms with Gasteiger partial charge >= 0.3 is 0 Å². The maximum Gasteiger partial charge on any atom is 0.0149 e. The van der Waals surface area contributed by atoms with Crippen molar-refractivity contribution in [1.29, 1.82) is 0 Å². The van der Waals surface area contributed by atoms with Crippen molar-refractivity contribution in [3.8, 4) is 0 Å². The molecule has 0 atom stereocenters. The molecule has 1 heterocycles. The molecule has 52 valence electrons. The molecule has 0 unspecified atom stereocenters. The third-order valence-corrected chi connectivity index (χ3v) is 3.01. The van der Waals surface area contributed by atoms with E-state index in [1.54, 1.807) is 11.1 Å². The Morgan fingerprint density at radius 3 is 1.89 bits per heavy atom. The minimum Gasteiger partial charge on any atom is -0.153 e. The quantitative estimate of drug-likeness (QED) is 0.534. The summed E-state index contributed by atoms with van der Waals surface area (Å²) in [6.07, 6.45) is 2.55. The van der Waals surface area contributed by atoms with Crippen LogP contribution in [0.1, 0.15) is 26.7 Å². The van der Waals surface area contributed by atoms with Crippen molar-refractivity contribution in [3.05, 3.63) is 11.1 Å². The first-order valence-electron chi connectivity index (χ1n) is 3.66. The lowest BCUT2D eigenvalue weighted by Gasteiger charge is -1.97. The zero-order valence-corrected chi connectivity index (χ0v) is 7.05. The molecule has 0 aromatic rings. The highest BCUT2D eigenvalue weighted by Crippen LogP contribution is 2.28. The molecular formula is C8H14S. The summed E-state index contributed by atoms with van der Waals surface area (Å²) in [4.78, 5) is 0. The van der Waals surface area contributed by atoms with Crippen molar-refractivity contribution >= 4 is 11.8 Å². The van der Waals surface area contributed by atoms with Gasteiger partial charge in [0.25, 0.3) is 0 Å². The van der Waals surface area contributed by atoms with Crippen LogP contribution in [-0.4, -0.2) is 11.5 Å². The van der Waals surface area contributed by atoms with E-state index in [2.05, 4.69) is 25.6 Å². The number of rotatable bonds is 2. The van der Waals surface area contributed by atoms with Gasteiger partial charge in [-0.2, -0.15) is 11.8 Å². The van der Waals surface area contributed by atoms with Crippen molar-refractivity contribution in [2.75, 3.05) is 11.5 Å². The molecule has 0 spiro atoms. The van der Waals surface area contributed by atoms with Crippen LogP contribution < -0.4 is 0 Å². The lowest BCUT2D eigenvalue weighted by Crippen LogP contribution is -1.84. The van der Waals surface area contributed by atoms with Gasteiger partial charge in [0.15, 0.2) is 0 Å². The van der Waals surface area contributed by atoms with Gasteiger partial charge in [-0.05, 0) is 12.8 Å². The molecule has 1 aliphatic rings. The van der Waals surface area contributed by atoms with Crippen LogP contribution in [0.25, 0.3) is 0 Å². The average Bonchev–Trinajstić information content (AvgIpc) is 2.33. The van der Waals surface area contributed by atoms with E-state index < -0.39 is 0 Å². The van der Waals surface area contributed by atoms with Gasteiger partial charge in [-0.1, -0.05) is 25.0 Å². The first kappa shape index (κ1) is 7.20. The molecule has 0 aromatic heterocycles. The molecule has 0 saturated carbocycles. The van der Waals surface area contributed by atoms with E-state index in [0.717, 1.165) is 0 Å². The second kappa shape index (κ2) is 3.31. The maximum absolute atomic E-state index is 2.26. The summed E-state index contributed by atoms with van der Waals surface area (Å²) in [6.45, 7) is 4.52. The molecule has 9 heavy (non-hydrogen) atoms. The minimum atomic E-state index is 1.27. The second-order valence-electron chi connectivity index (χ2n) is 2.41. The van der Waals surface area contributed by atoms with Crippen LogP contribution >= 0.6 is 11.8 Å². The number of hydrogen-bond acceptors (Lipinski definition) is 1. The van der Waals surface area contributed by atoms with Gasteiger partial charge in [-0.3, -0.25) is 0 Å². The van der Waals surface area contributed by atoms with Crippen LogP contribution in [0.2, 0.25) is 0 Å². The first-order valence-corrected chi connectivity index (χ1v) is 4.81. The Morgan fingerprint density at radius 1 is 1.11 bits per heavy atom. The SMILES string of the molecule is CCC1=C(CC)CSC1. The van der Waals surface area contributed by atoms with Gasteiger partial charge in [0.1, 0.15) is 0 Å². The van der Waals surface area contributed by atoms with Gasteiger partial charge in [0, 0.05) is 11.5 Å². The molecule has 0 nitrogen and oxygen atoms in total. The number of hydrogen-bond donors (Lipinski definition) is 0. The molecule has 1 aliphatic heterocycles. The third-order valence-electron chi connectivity index (χ3n) is 1.91. The molecular weight excluding hydrogens is 128 g/mol. The lowest BCUT2D eigenvalue weighted by molar-refractivity contribution is 1.01. The van der Waals surface area contributed by atoms with Gasteiger partial charge in [0.05, 0.1) is 0 Å². The van der Waals surface area contributed by atoms with Gasteiger partial charge < -0.3 is 0 Å². The van der Waals surface area contributed by atoms with E-state index in [9.17, 15) is 0 Å². The highest BCUT2D eigenvalue weighted by atomic mass is 32.2. The van der Waals surface area contributed by atoms with E-state index in [-0.39, 0.29) is 0 Å². The average molecular weight is 142 g/mol. The Morgan fingerprint density at radius 2 is 1.56 bits per heavy atom. The van der Waals surface area contributed by atoms with Crippen LogP contribution in [0.15, 0.2) is 11.1 Å². The monoisotopic (exact) mass is 142 g/mol. The molecule has 0 amide bonds. The normalized spacial score (nSPS) is 19.3. The van der Waals surface area contributed by atoms with E-state index in [1.807, 2.05) is 0 Å². The van der Waals surface area contributed by atoms with Crippen molar-refractivity contribution in [2.24, 2.45) is 0 Å². The Balaban J connectivity index is 2.59. The van der Waals surface area contributed by atoms with Crippen molar-refractivity contribution in [2.45, 2.75) is 26.7 Å². The predicted molar refractivity (Wildman–Crippen MR) is 44.9 cm³/mol. The van der Waals surface area contributed by atoms with Gasteiger partial charge in [-0.15, -0.1) is 0 Å². The summed E-state index contributed by atoms with van der Waals surface area (Å²) in [5, 5.41) is 0. The highest BCUT2D eigenvalue weighted by Gasteiger charge is 2.10. The fraction of sp³-hybridized carbons (Fsp3) is 0.750. The Bertz CT molecular complexity index is 111. The molecule has 1 heteroatoms. The van der Waals surface area contributed by atoms with Gasteiger partial charge in [0.2, 0.25) is 0 Å². The Kier molecular flexibility index (Phi) is 2.65. The molecule has 0 N–H and O–H groups in total. The molecule has 0 aromatic carbocycles. The van der Waals surface area contributed by atoms with E-state index >= 15 is 0 Å². The van der Waals surface area contributed by atoms with Crippen LogP contribution in [0, 0.1) is 0 Å². The van der Waals surface area contributed by atoms with E-state index in [0.29, 0.717) is 0 Å². The zero-order valence-electron chi connectivity index (χ0n) is 6.24. The standard InChI is InChI=1S/C8H14S/c1-3-7-5-9-6-8(7)4-2/h3-6H2,1-2H3. The lowest BCUT2D eigenvalue weighted by atomic mass is 10.1. The highest BCUT2D eigenvalue weighted by molar-refractivity contribution is 7.99. The van der Waals surface area contributed by atoms with Crippen LogP contribution in [0.5, 0.6) is 0 Å². The van der Waals surface area contributed by atoms with Crippen LogP contribution in [0.4, 0.5) is 0 Å². The molecule has 1 rings (SSSR count). The third kappa shape index (κ3) is 1.51. The fourth-order valence-electron chi connectivity index (χ4n) is 1.21. The summed E-state index contributed by atoms with van der Waals surface area (Å²) < 4.78 is 0. The predicted octanol–water partition coefficient (Wildman–Crippen LogP) is 2.85. The molecule has 0 saturated heterocycles. The summed E-state index contributed by atoms with van der Waals surface area (Å²) in [5.74, 6) is 2.61. The summed E-state index contributed by atoms with van der Waals surface area (Å²) in [7, 11) is 0. The summed E-state index contributed by atoms with van der Waals surface area (Å²) in [5.41, 5.74) is 3.42. The fourth-order valence-corrected chi connectivity index (χ4v) is 2.62. The molecule has 0 aliphatic carbocycles. The second-order valence-corrected chi connectivity index (χ2v) is 3.39. The summed E-state index contributed by atoms with van der Waals surface area (Å²) >= 11 is 2.07. The Hall–Kier alpha value is 0.0900. The van der Waals surface area contributed by atoms with Crippen molar-refractivity contribution in [1.82, 2.24) is 0 Å².